The number of carbonyl (C=O) groups is 2. The first kappa shape index (κ1) is 16.9. The summed E-state index contributed by atoms with van der Waals surface area (Å²) in [6.07, 6.45) is 1.22. The fourth-order valence-corrected chi connectivity index (χ4v) is 3.74. The number of aliphatic hydroxyl groups excluding tert-OH is 1. The lowest BCUT2D eigenvalue weighted by atomic mass is 9.82. The summed E-state index contributed by atoms with van der Waals surface area (Å²) in [6, 6.07) is 1.74. The molecule has 0 radical (unpaired) electrons. The van der Waals surface area contributed by atoms with Gasteiger partial charge in [-0.15, -0.1) is 0 Å². The first-order valence-corrected chi connectivity index (χ1v) is 8.41. The number of hydrogen-bond donors (Lipinski definition) is 2. The molecule has 2 N–H and O–H groups in total. The summed E-state index contributed by atoms with van der Waals surface area (Å²) in [5.41, 5.74) is 0.730. The molecule has 0 bridgehead atoms. The van der Waals surface area contributed by atoms with Crippen molar-refractivity contribution in [3.05, 3.63) is 17.5 Å². The molecule has 2 aliphatic rings. The smallest absolute Gasteiger partial charge is 0.274 e. The third-order valence-corrected chi connectivity index (χ3v) is 5.29. The molecule has 8 nitrogen and oxygen atoms in total. The van der Waals surface area contributed by atoms with Gasteiger partial charge in [0.2, 0.25) is 5.91 Å². The zero-order valence-electron chi connectivity index (χ0n) is 14.3. The number of amides is 2. The van der Waals surface area contributed by atoms with E-state index in [1.807, 2.05) is 14.0 Å². The molecule has 0 saturated carbocycles. The summed E-state index contributed by atoms with van der Waals surface area (Å²) in [7, 11) is 1.97. The molecular formula is C16H25N5O3. The highest BCUT2D eigenvalue weighted by molar-refractivity contribution is 5.93. The van der Waals surface area contributed by atoms with E-state index in [2.05, 4.69) is 15.1 Å². The molecule has 1 spiro atoms. The number of rotatable bonds is 3. The molecule has 132 valence electrons. The van der Waals surface area contributed by atoms with Crippen LogP contribution < -0.4 is 0 Å². The van der Waals surface area contributed by atoms with Crippen molar-refractivity contribution in [3.63, 3.8) is 0 Å². The van der Waals surface area contributed by atoms with Crippen molar-refractivity contribution in [2.24, 2.45) is 0 Å². The number of likely N-dealkylation sites (N-methyl/N-ethyl adjacent to an activating group) is 1. The highest BCUT2D eigenvalue weighted by Gasteiger charge is 2.49. The standard InChI is InChI=1S/C16H25N5O3/c1-12-11-13(18-17-12)14(23)20-5-3-16(4-6-20)15(24)21(9-10-22)8-7-19(16)2/h11,22H,3-10H2,1-2H3,(H,17,18). The van der Waals surface area contributed by atoms with E-state index in [-0.39, 0.29) is 18.4 Å². The van der Waals surface area contributed by atoms with Crippen LogP contribution in [-0.2, 0) is 4.79 Å². The Morgan fingerprint density at radius 3 is 2.62 bits per heavy atom. The second kappa shape index (κ2) is 6.52. The first-order chi connectivity index (χ1) is 11.5. The predicted molar refractivity (Wildman–Crippen MR) is 87.5 cm³/mol. The van der Waals surface area contributed by atoms with E-state index >= 15 is 0 Å². The van der Waals surface area contributed by atoms with Gasteiger partial charge in [0.15, 0.2) is 0 Å². The van der Waals surface area contributed by atoms with E-state index in [1.165, 1.54) is 0 Å². The summed E-state index contributed by atoms with van der Waals surface area (Å²) in [6.45, 7) is 4.73. The van der Waals surface area contributed by atoms with Crippen molar-refractivity contribution < 1.29 is 14.7 Å². The van der Waals surface area contributed by atoms with Gasteiger partial charge in [-0.3, -0.25) is 19.6 Å². The lowest BCUT2D eigenvalue weighted by Crippen LogP contribution is -2.68. The molecule has 3 heterocycles. The van der Waals surface area contributed by atoms with Crippen LogP contribution in [0.1, 0.15) is 29.0 Å². The molecule has 0 aromatic carbocycles. The zero-order valence-corrected chi connectivity index (χ0v) is 14.3. The van der Waals surface area contributed by atoms with E-state index in [0.717, 1.165) is 12.2 Å². The Kier molecular flexibility index (Phi) is 4.60. The molecule has 3 rings (SSSR count). The topological polar surface area (TPSA) is 92.8 Å². The number of aromatic nitrogens is 2. The maximum Gasteiger partial charge on any atom is 0.274 e. The molecule has 0 aliphatic carbocycles. The largest absolute Gasteiger partial charge is 0.395 e. The van der Waals surface area contributed by atoms with Gasteiger partial charge in [0.25, 0.3) is 5.91 Å². The maximum atomic E-state index is 12.9. The molecule has 2 amide bonds. The summed E-state index contributed by atoms with van der Waals surface area (Å²) in [4.78, 5) is 31.1. The van der Waals surface area contributed by atoms with Gasteiger partial charge >= 0.3 is 0 Å². The SMILES string of the molecule is Cc1cc(C(=O)N2CCC3(CC2)C(=O)N(CCO)CCN3C)n[nH]1. The fourth-order valence-electron chi connectivity index (χ4n) is 3.74. The Labute approximate surface area is 141 Å². The average molecular weight is 335 g/mol. The fraction of sp³-hybridized carbons (Fsp3) is 0.688. The van der Waals surface area contributed by atoms with Crippen LogP contribution in [0.15, 0.2) is 6.07 Å². The van der Waals surface area contributed by atoms with Crippen LogP contribution in [0.4, 0.5) is 0 Å². The monoisotopic (exact) mass is 335 g/mol. The van der Waals surface area contributed by atoms with Crippen molar-refractivity contribution in [1.82, 2.24) is 24.9 Å². The van der Waals surface area contributed by atoms with Gasteiger partial charge in [-0.05, 0) is 32.9 Å². The zero-order chi connectivity index (χ0) is 17.3. The number of aryl methyl sites for hydroxylation is 1. The normalized spacial score (nSPS) is 21.5. The average Bonchev–Trinajstić information content (AvgIpc) is 3.02. The van der Waals surface area contributed by atoms with Crippen molar-refractivity contribution in [1.29, 1.82) is 0 Å². The summed E-state index contributed by atoms with van der Waals surface area (Å²) in [5, 5.41) is 16.0. The second-order valence-electron chi connectivity index (χ2n) is 6.70. The third kappa shape index (κ3) is 2.80. The summed E-state index contributed by atoms with van der Waals surface area (Å²) >= 11 is 0. The Morgan fingerprint density at radius 2 is 2.04 bits per heavy atom. The molecular weight excluding hydrogens is 310 g/mol. The quantitative estimate of drug-likeness (QED) is 0.774. The molecule has 24 heavy (non-hydrogen) atoms. The van der Waals surface area contributed by atoms with Crippen LogP contribution in [-0.4, -0.2) is 93.7 Å². The van der Waals surface area contributed by atoms with Crippen LogP contribution in [0, 0.1) is 6.92 Å². The number of H-pyrrole nitrogens is 1. The number of aromatic amines is 1. The number of piperazine rings is 1. The van der Waals surface area contributed by atoms with Crippen LogP contribution in [0.25, 0.3) is 0 Å². The third-order valence-electron chi connectivity index (χ3n) is 5.29. The number of β-amino-alcohol motifs (C(OH)–C–C–N with tert-alkyl or cyclic N) is 1. The Bertz CT molecular complexity index is 621. The van der Waals surface area contributed by atoms with Gasteiger partial charge in [-0.25, -0.2) is 0 Å². The van der Waals surface area contributed by atoms with Gasteiger partial charge < -0.3 is 14.9 Å². The molecule has 0 unspecified atom stereocenters. The van der Waals surface area contributed by atoms with Gasteiger partial charge in [0.05, 0.1) is 6.61 Å². The summed E-state index contributed by atoms with van der Waals surface area (Å²) < 4.78 is 0. The van der Waals surface area contributed by atoms with E-state index in [9.17, 15) is 9.59 Å². The number of likely N-dealkylation sites (tertiary alicyclic amines) is 1. The van der Waals surface area contributed by atoms with Crippen molar-refractivity contribution in [2.45, 2.75) is 25.3 Å². The molecule has 1 aromatic heterocycles. The van der Waals surface area contributed by atoms with Crippen LogP contribution in [0.3, 0.4) is 0 Å². The predicted octanol–water partition coefficient (Wildman–Crippen LogP) is -0.541. The lowest BCUT2D eigenvalue weighted by molar-refractivity contribution is -0.154. The minimum Gasteiger partial charge on any atom is -0.395 e. The van der Waals surface area contributed by atoms with Crippen LogP contribution in [0.2, 0.25) is 0 Å². The van der Waals surface area contributed by atoms with E-state index in [0.29, 0.717) is 44.7 Å². The van der Waals surface area contributed by atoms with E-state index in [4.69, 9.17) is 5.11 Å². The van der Waals surface area contributed by atoms with Crippen LogP contribution >= 0.6 is 0 Å². The number of aliphatic hydroxyl groups is 1. The molecule has 0 atom stereocenters. The van der Waals surface area contributed by atoms with Crippen molar-refractivity contribution >= 4 is 11.8 Å². The van der Waals surface area contributed by atoms with Gasteiger partial charge in [-0.1, -0.05) is 0 Å². The number of hydrogen-bond acceptors (Lipinski definition) is 5. The molecule has 2 aliphatic heterocycles. The molecule has 1 aromatic rings. The lowest BCUT2D eigenvalue weighted by Gasteiger charge is -2.51. The van der Waals surface area contributed by atoms with Crippen LogP contribution in [0.5, 0.6) is 0 Å². The first-order valence-electron chi connectivity index (χ1n) is 8.41. The van der Waals surface area contributed by atoms with Crippen molar-refractivity contribution in [2.75, 3.05) is 46.4 Å². The van der Waals surface area contributed by atoms with Gasteiger partial charge in [0, 0.05) is 38.4 Å². The summed E-state index contributed by atoms with van der Waals surface area (Å²) in [5.74, 6) is -0.0136. The Balaban J connectivity index is 1.70. The maximum absolute atomic E-state index is 12.9. The number of carbonyl (C=O) groups excluding carboxylic acids is 2. The molecule has 8 heteroatoms. The second-order valence-corrected chi connectivity index (χ2v) is 6.70. The Morgan fingerprint density at radius 1 is 1.33 bits per heavy atom. The van der Waals surface area contributed by atoms with Crippen molar-refractivity contribution in [3.8, 4) is 0 Å². The van der Waals surface area contributed by atoms with Gasteiger partial charge in [0.1, 0.15) is 11.2 Å². The highest BCUT2D eigenvalue weighted by atomic mass is 16.3. The minimum atomic E-state index is -0.550. The highest BCUT2D eigenvalue weighted by Crippen LogP contribution is 2.33. The van der Waals surface area contributed by atoms with E-state index < -0.39 is 5.54 Å². The van der Waals surface area contributed by atoms with E-state index in [1.54, 1.807) is 15.9 Å². The van der Waals surface area contributed by atoms with Gasteiger partial charge in [-0.2, -0.15) is 5.10 Å². The minimum absolute atomic E-state index is 0.0192. The molecule has 2 fully saturated rings. The number of nitrogens with zero attached hydrogens (tertiary/aromatic N) is 4. The molecule has 2 saturated heterocycles. The Hall–Kier alpha value is -1.93. The number of nitrogens with one attached hydrogen (secondary N) is 1. The number of piperidine rings is 1.